The molecule has 1 amide bonds. The van der Waals surface area contributed by atoms with Gasteiger partial charge in [-0.25, -0.2) is 4.98 Å². The Labute approximate surface area is 110 Å². The quantitative estimate of drug-likeness (QED) is 0.921. The molecule has 0 aliphatic rings. The summed E-state index contributed by atoms with van der Waals surface area (Å²) in [6.45, 7) is 2.44. The highest BCUT2D eigenvalue weighted by Crippen LogP contribution is 2.16. The zero-order valence-electron chi connectivity index (χ0n) is 10.3. The highest BCUT2D eigenvalue weighted by Gasteiger charge is 2.07. The lowest BCUT2D eigenvalue weighted by Gasteiger charge is -2.03. The van der Waals surface area contributed by atoms with Crippen molar-refractivity contribution >= 4 is 22.4 Å². The van der Waals surface area contributed by atoms with E-state index in [1.54, 1.807) is 19.2 Å². The van der Waals surface area contributed by atoms with Crippen LogP contribution in [0.5, 0.6) is 0 Å². The van der Waals surface area contributed by atoms with Gasteiger partial charge in [0.1, 0.15) is 0 Å². The Kier molecular flexibility index (Phi) is 4.07. The van der Waals surface area contributed by atoms with E-state index in [0.717, 1.165) is 11.3 Å². The lowest BCUT2D eigenvalue weighted by molar-refractivity contribution is 0.102. The molecule has 2 aromatic rings. The van der Waals surface area contributed by atoms with Crippen LogP contribution < -0.4 is 5.32 Å². The van der Waals surface area contributed by atoms with Crippen molar-refractivity contribution in [3.05, 3.63) is 46.5 Å². The zero-order chi connectivity index (χ0) is 13.0. The van der Waals surface area contributed by atoms with Crippen molar-refractivity contribution in [1.82, 2.24) is 4.98 Å². The first-order chi connectivity index (χ1) is 8.69. The lowest BCUT2D eigenvalue weighted by Crippen LogP contribution is -2.11. The molecule has 94 valence electrons. The molecule has 0 radical (unpaired) electrons. The molecule has 1 aromatic heterocycles. The van der Waals surface area contributed by atoms with Gasteiger partial charge < -0.3 is 4.74 Å². The van der Waals surface area contributed by atoms with Crippen LogP contribution in [-0.4, -0.2) is 18.0 Å². The molecule has 5 heteroatoms. The third-order valence-corrected chi connectivity index (χ3v) is 3.24. The molecule has 0 bridgehead atoms. The second-order valence-electron chi connectivity index (χ2n) is 3.88. The van der Waals surface area contributed by atoms with Gasteiger partial charge in [0.2, 0.25) is 0 Å². The third-order valence-electron chi connectivity index (χ3n) is 2.37. The van der Waals surface area contributed by atoms with Crippen LogP contribution in [0.2, 0.25) is 0 Å². The average molecular weight is 262 g/mol. The molecular weight excluding hydrogens is 248 g/mol. The van der Waals surface area contributed by atoms with Gasteiger partial charge in [-0.2, -0.15) is 0 Å². The first-order valence-electron chi connectivity index (χ1n) is 5.50. The van der Waals surface area contributed by atoms with Crippen LogP contribution in [0.25, 0.3) is 0 Å². The molecule has 0 aliphatic heterocycles. The van der Waals surface area contributed by atoms with E-state index in [2.05, 4.69) is 10.3 Å². The smallest absolute Gasteiger partial charge is 0.257 e. The highest BCUT2D eigenvalue weighted by atomic mass is 32.1. The number of nitrogens with one attached hydrogen (secondary N) is 1. The number of hydrogen-bond donors (Lipinski definition) is 1. The maximum absolute atomic E-state index is 11.9. The number of aromatic nitrogens is 1. The number of carbonyl (C=O) groups is 1. The van der Waals surface area contributed by atoms with Crippen molar-refractivity contribution in [3.8, 4) is 0 Å². The van der Waals surface area contributed by atoms with Crippen LogP contribution in [-0.2, 0) is 11.3 Å². The number of thiazole rings is 1. The van der Waals surface area contributed by atoms with Crippen molar-refractivity contribution in [3.63, 3.8) is 0 Å². The van der Waals surface area contributed by atoms with Crippen LogP contribution in [0.4, 0.5) is 5.13 Å². The first kappa shape index (κ1) is 12.7. The van der Waals surface area contributed by atoms with Crippen LogP contribution in [0, 0.1) is 6.92 Å². The van der Waals surface area contributed by atoms with Gasteiger partial charge in [-0.05, 0) is 24.6 Å². The summed E-state index contributed by atoms with van der Waals surface area (Å²) in [6, 6.07) is 7.32. The van der Waals surface area contributed by atoms with Crippen molar-refractivity contribution in [2.45, 2.75) is 13.5 Å². The van der Waals surface area contributed by atoms with Crippen LogP contribution in [0.1, 0.15) is 21.6 Å². The second kappa shape index (κ2) is 5.75. The largest absolute Gasteiger partial charge is 0.380 e. The van der Waals surface area contributed by atoms with E-state index < -0.39 is 0 Å². The summed E-state index contributed by atoms with van der Waals surface area (Å²) in [6.07, 6.45) is 0. The molecule has 0 spiro atoms. The van der Waals surface area contributed by atoms with E-state index in [-0.39, 0.29) is 5.91 Å². The van der Waals surface area contributed by atoms with Crippen molar-refractivity contribution in [1.29, 1.82) is 0 Å². The first-order valence-corrected chi connectivity index (χ1v) is 6.38. The molecule has 1 aromatic carbocycles. The molecule has 2 rings (SSSR count). The molecule has 0 unspecified atom stereocenters. The van der Waals surface area contributed by atoms with Gasteiger partial charge in [0.25, 0.3) is 5.91 Å². The molecule has 0 saturated heterocycles. The predicted octanol–water partition coefficient (Wildman–Crippen LogP) is 2.85. The maximum atomic E-state index is 11.9. The summed E-state index contributed by atoms with van der Waals surface area (Å²) in [5.74, 6) is -0.145. The predicted molar refractivity (Wildman–Crippen MR) is 72.0 cm³/mol. The molecule has 0 saturated carbocycles. The van der Waals surface area contributed by atoms with E-state index in [4.69, 9.17) is 4.74 Å². The molecule has 4 nitrogen and oxygen atoms in total. The number of anilines is 1. The average Bonchev–Trinajstić information content (AvgIpc) is 2.76. The fraction of sp³-hybridized carbons (Fsp3) is 0.231. The van der Waals surface area contributed by atoms with E-state index in [0.29, 0.717) is 17.3 Å². The summed E-state index contributed by atoms with van der Waals surface area (Å²) in [7, 11) is 1.64. The summed E-state index contributed by atoms with van der Waals surface area (Å²) >= 11 is 1.42. The second-order valence-corrected chi connectivity index (χ2v) is 4.74. The minimum Gasteiger partial charge on any atom is -0.380 e. The number of amides is 1. The molecule has 18 heavy (non-hydrogen) atoms. The van der Waals surface area contributed by atoms with Gasteiger partial charge in [0, 0.05) is 18.1 Å². The Balaban J connectivity index is 2.04. The number of nitrogens with zero attached hydrogens (tertiary/aromatic N) is 1. The highest BCUT2D eigenvalue weighted by molar-refractivity contribution is 7.13. The molecule has 0 atom stereocenters. The van der Waals surface area contributed by atoms with Crippen molar-refractivity contribution < 1.29 is 9.53 Å². The fourth-order valence-corrected chi connectivity index (χ4v) is 2.18. The van der Waals surface area contributed by atoms with Gasteiger partial charge >= 0.3 is 0 Å². The Morgan fingerprint density at radius 2 is 2.11 bits per heavy atom. The van der Waals surface area contributed by atoms with Gasteiger partial charge in [0.15, 0.2) is 5.13 Å². The summed E-state index contributed by atoms with van der Waals surface area (Å²) in [5, 5.41) is 5.29. The van der Waals surface area contributed by atoms with E-state index >= 15 is 0 Å². The summed E-state index contributed by atoms with van der Waals surface area (Å²) in [5.41, 5.74) is 2.56. The summed E-state index contributed by atoms with van der Waals surface area (Å²) in [4.78, 5) is 16.1. The molecule has 1 N–H and O–H groups in total. The van der Waals surface area contributed by atoms with E-state index in [9.17, 15) is 4.79 Å². The SMILES string of the molecule is COCc1ccc(C(=O)Nc2nc(C)cs2)cc1. The number of ether oxygens (including phenoxy) is 1. The number of carbonyl (C=O) groups excluding carboxylic acids is 1. The van der Waals surface area contributed by atoms with Gasteiger partial charge in [-0.15, -0.1) is 11.3 Å². The molecule has 1 heterocycles. The van der Waals surface area contributed by atoms with Crippen molar-refractivity contribution in [2.75, 3.05) is 12.4 Å². The minimum atomic E-state index is -0.145. The van der Waals surface area contributed by atoms with Gasteiger partial charge in [0.05, 0.1) is 12.3 Å². The van der Waals surface area contributed by atoms with E-state index in [1.165, 1.54) is 11.3 Å². The zero-order valence-corrected chi connectivity index (χ0v) is 11.1. The fourth-order valence-electron chi connectivity index (χ4n) is 1.50. The maximum Gasteiger partial charge on any atom is 0.257 e. The Hall–Kier alpha value is -1.72. The normalized spacial score (nSPS) is 10.3. The third kappa shape index (κ3) is 3.15. The van der Waals surface area contributed by atoms with Gasteiger partial charge in [-0.1, -0.05) is 12.1 Å². The van der Waals surface area contributed by atoms with Crippen LogP contribution in [0.15, 0.2) is 29.6 Å². The Morgan fingerprint density at radius 3 is 2.67 bits per heavy atom. The van der Waals surface area contributed by atoms with Crippen molar-refractivity contribution in [2.24, 2.45) is 0 Å². The number of rotatable bonds is 4. The van der Waals surface area contributed by atoms with E-state index in [1.807, 2.05) is 24.4 Å². The molecular formula is C13H14N2O2S. The minimum absolute atomic E-state index is 0.145. The summed E-state index contributed by atoms with van der Waals surface area (Å²) < 4.78 is 5.02. The Morgan fingerprint density at radius 1 is 1.39 bits per heavy atom. The monoisotopic (exact) mass is 262 g/mol. The number of methoxy groups -OCH3 is 1. The number of aryl methyl sites for hydroxylation is 1. The number of benzene rings is 1. The Bertz CT molecular complexity index is 534. The topological polar surface area (TPSA) is 51.2 Å². The lowest BCUT2D eigenvalue weighted by atomic mass is 10.1. The van der Waals surface area contributed by atoms with Crippen LogP contribution >= 0.6 is 11.3 Å². The standard InChI is InChI=1S/C13H14N2O2S/c1-9-8-18-13(14-9)15-12(16)11-5-3-10(4-6-11)7-17-2/h3-6,8H,7H2,1-2H3,(H,14,15,16). The number of hydrogen-bond acceptors (Lipinski definition) is 4. The molecule has 0 fully saturated rings. The van der Waals surface area contributed by atoms with Gasteiger partial charge in [-0.3, -0.25) is 10.1 Å². The van der Waals surface area contributed by atoms with Crippen LogP contribution in [0.3, 0.4) is 0 Å². The molecule has 0 aliphatic carbocycles.